The van der Waals surface area contributed by atoms with Crippen LogP contribution in [0.5, 0.6) is 11.5 Å². The van der Waals surface area contributed by atoms with Gasteiger partial charge < -0.3 is 14.8 Å². The second-order valence-electron chi connectivity index (χ2n) is 9.21. The van der Waals surface area contributed by atoms with E-state index in [0.29, 0.717) is 16.7 Å². The molecule has 1 N–H and O–H groups in total. The number of nitrogens with one attached hydrogen (secondary N) is 1. The monoisotopic (exact) mass is 459 g/mol. The van der Waals surface area contributed by atoms with Gasteiger partial charge in [-0.15, -0.1) is 0 Å². The molecule has 0 aliphatic carbocycles. The molecule has 0 saturated carbocycles. The summed E-state index contributed by atoms with van der Waals surface area (Å²) in [5.74, 6) is -1.35. The van der Waals surface area contributed by atoms with Gasteiger partial charge in [0.15, 0.2) is 17.3 Å². The molecule has 3 rings (SSSR count). The Morgan fingerprint density at radius 1 is 0.706 bits per heavy atom. The summed E-state index contributed by atoms with van der Waals surface area (Å²) >= 11 is 0. The van der Waals surface area contributed by atoms with Crippen LogP contribution in [0.2, 0.25) is 0 Å². The van der Waals surface area contributed by atoms with Crippen LogP contribution in [0.1, 0.15) is 63.0 Å². The minimum Gasteiger partial charge on any atom is -0.419 e. The van der Waals surface area contributed by atoms with Gasteiger partial charge in [-0.2, -0.15) is 0 Å². The molecule has 3 aromatic carbocycles. The summed E-state index contributed by atoms with van der Waals surface area (Å²) in [6.07, 6.45) is 0. The van der Waals surface area contributed by atoms with Gasteiger partial charge in [-0.3, -0.25) is 4.79 Å². The zero-order valence-electron chi connectivity index (χ0n) is 20.1. The number of ether oxygens (including phenoxy) is 2. The lowest BCUT2D eigenvalue weighted by atomic mass is 10.1. The molecule has 0 fully saturated rings. The first-order valence-electron chi connectivity index (χ1n) is 11.0. The van der Waals surface area contributed by atoms with Crippen LogP contribution in [0, 0.1) is 13.8 Å². The van der Waals surface area contributed by atoms with Crippen LogP contribution in [-0.2, 0) is 0 Å². The van der Waals surface area contributed by atoms with Crippen molar-refractivity contribution in [2.75, 3.05) is 6.54 Å². The molecular formula is C28H29NO5. The minimum atomic E-state index is -0.617. The van der Waals surface area contributed by atoms with Gasteiger partial charge in [-0.25, -0.2) is 9.59 Å². The SMILES string of the molecule is Cc1cccc(C(=O)Oc2ccc(C(=O)CNC(C)(C)C)cc2OC(=O)c2cccc(C)c2)c1. The average Bonchev–Trinajstić information content (AvgIpc) is 2.78. The van der Waals surface area contributed by atoms with E-state index in [2.05, 4.69) is 5.32 Å². The van der Waals surface area contributed by atoms with E-state index in [4.69, 9.17) is 9.47 Å². The van der Waals surface area contributed by atoms with E-state index in [9.17, 15) is 14.4 Å². The van der Waals surface area contributed by atoms with Crippen molar-refractivity contribution in [2.24, 2.45) is 0 Å². The number of carbonyl (C=O) groups is 3. The highest BCUT2D eigenvalue weighted by atomic mass is 16.6. The maximum atomic E-state index is 12.8. The molecule has 176 valence electrons. The van der Waals surface area contributed by atoms with Crippen LogP contribution in [0.15, 0.2) is 66.7 Å². The Kier molecular flexibility index (Phi) is 7.64. The summed E-state index contributed by atoms with van der Waals surface area (Å²) < 4.78 is 11.1. The molecule has 3 aromatic rings. The number of hydrogen-bond acceptors (Lipinski definition) is 6. The smallest absolute Gasteiger partial charge is 0.343 e. The Bertz CT molecular complexity index is 1220. The molecule has 0 aliphatic heterocycles. The first-order valence-corrected chi connectivity index (χ1v) is 11.0. The van der Waals surface area contributed by atoms with E-state index in [0.717, 1.165) is 11.1 Å². The van der Waals surface area contributed by atoms with E-state index in [1.807, 2.05) is 46.8 Å². The molecule has 0 radical (unpaired) electrons. The molecule has 0 heterocycles. The molecule has 0 amide bonds. The molecule has 0 spiro atoms. The maximum Gasteiger partial charge on any atom is 0.343 e. The van der Waals surface area contributed by atoms with Crippen molar-refractivity contribution in [3.63, 3.8) is 0 Å². The van der Waals surface area contributed by atoms with Gasteiger partial charge in [0.2, 0.25) is 0 Å². The Labute approximate surface area is 199 Å². The Morgan fingerprint density at radius 3 is 1.74 bits per heavy atom. The van der Waals surface area contributed by atoms with E-state index in [-0.39, 0.29) is 29.4 Å². The standard InChI is InChI=1S/C28H29NO5/c1-18-8-6-10-21(14-18)26(31)33-24-13-12-20(23(30)17-29-28(3,4)5)16-25(24)34-27(32)22-11-7-9-19(2)15-22/h6-16,29H,17H2,1-5H3. The van der Waals surface area contributed by atoms with Gasteiger partial charge in [-0.05, 0) is 77.1 Å². The Morgan fingerprint density at radius 2 is 1.24 bits per heavy atom. The van der Waals surface area contributed by atoms with Gasteiger partial charge in [0.05, 0.1) is 17.7 Å². The van der Waals surface area contributed by atoms with Crippen molar-refractivity contribution >= 4 is 17.7 Å². The quantitative estimate of drug-likeness (QED) is 0.293. The second kappa shape index (κ2) is 10.4. The summed E-state index contributed by atoms with van der Waals surface area (Å²) in [6.45, 7) is 9.73. The fourth-order valence-electron chi connectivity index (χ4n) is 3.15. The zero-order valence-corrected chi connectivity index (χ0v) is 20.1. The molecule has 0 unspecified atom stereocenters. The van der Waals surface area contributed by atoms with Gasteiger partial charge in [0.25, 0.3) is 0 Å². The number of esters is 2. The summed E-state index contributed by atoms with van der Waals surface area (Å²) in [5, 5.41) is 3.14. The number of benzene rings is 3. The molecule has 0 bridgehead atoms. The Balaban J connectivity index is 1.91. The van der Waals surface area contributed by atoms with Crippen molar-refractivity contribution < 1.29 is 23.9 Å². The normalized spacial score (nSPS) is 11.1. The lowest BCUT2D eigenvalue weighted by molar-refractivity contribution is 0.0682. The molecule has 0 saturated heterocycles. The molecule has 0 aliphatic rings. The zero-order chi connectivity index (χ0) is 24.9. The van der Waals surface area contributed by atoms with Gasteiger partial charge in [0.1, 0.15) is 0 Å². The van der Waals surface area contributed by atoms with Crippen molar-refractivity contribution in [1.29, 1.82) is 0 Å². The van der Waals surface area contributed by atoms with Crippen LogP contribution in [0.4, 0.5) is 0 Å². The van der Waals surface area contributed by atoms with Crippen molar-refractivity contribution in [3.05, 3.63) is 94.5 Å². The van der Waals surface area contributed by atoms with E-state index in [1.165, 1.54) is 12.1 Å². The van der Waals surface area contributed by atoms with Gasteiger partial charge in [0, 0.05) is 11.1 Å². The van der Waals surface area contributed by atoms with Crippen LogP contribution >= 0.6 is 0 Å². The minimum absolute atomic E-state index is 0.00545. The summed E-state index contributed by atoms with van der Waals surface area (Å²) in [7, 11) is 0. The highest BCUT2D eigenvalue weighted by Gasteiger charge is 2.20. The number of rotatable bonds is 7. The summed E-state index contributed by atoms with van der Waals surface area (Å²) in [5.41, 5.74) is 2.62. The molecule has 6 nitrogen and oxygen atoms in total. The van der Waals surface area contributed by atoms with E-state index >= 15 is 0 Å². The van der Waals surface area contributed by atoms with Crippen LogP contribution in [0.3, 0.4) is 0 Å². The highest BCUT2D eigenvalue weighted by molar-refractivity contribution is 5.99. The van der Waals surface area contributed by atoms with E-state index < -0.39 is 11.9 Å². The first-order chi connectivity index (χ1) is 16.0. The van der Waals surface area contributed by atoms with Crippen molar-refractivity contribution in [1.82, 2.24) is 5.32 Å². The topological polar surface area (TPSA) is 81.7 Å². The molecule has 6 heteroatoms. The number of hydrogen-bond donors (Lipinski definition) is 1. The number of carbonyl (C=O) groups excluding carboxylic acids is 3. The third-order valence-electron chi connectivity index (χ3n) is 4.96. The Hall–Kier alpha value is -3.77. The van der Waals surface area contributed by atoms with Crippen LogP contribution in [-0.4, -0.2) is 29.8 Å². The third-order valence-corrected chi connectivity index (χ3v) is 4.96. The lowest BCUT2D eigenvalue weighted by Crippen LogP contribution is -2.39. The van der Waals surface area contributed by atoms with Gasteiger partial charge in [-0.1, -0.05) is 35.4 Å². The van der Waals surface area contributed by atoms with Crippen molar-refractivity contribution in [2.45, 2.75) is 40.2 Å². The fraction of sp³-hybridized carbons (Fsp3) is 0.250. The van der Waals surface area contributed by atoms with Gasteiger partial charge >= 0.3 is 11.9 Å². The molecule has 34 heavy (non-hydrogen) atoms. The first kappa shape index (κ1) is 24.9. The number of ketones is 1. The molecule has 0 aromatic heterocycles. The predicted octanol–water partition coefficient (Wildman–Crippen LogP) is 5.31. The molecule has 0 atom stereocenters. The van der Waals surface area contributed by atoms with Crippen LogP contribution < -0.4 is 14.8 Å². The van der Waals surface area contributed by atoms with Crippen LogP contribution in [0.25, 0.3) is 0 Å². The second-order valence-corrected chi connectivity index (χ2v) is 9.21. The molecular weight excluding hydrogens is 430 g/mol. The number of Topliss-reactive ketones (excluding diaryl/α,β-unsaturated/α-hetero) is 1. The number of aryl methyl sites for hydroxylation is 2. The third kappa shape index (κ3) is 6.86. The summed E-state index contributed by atoms with van der Waals surface area (Å²) in [4.78, 5) is 38.2. The highest BCUT2D eigenvalue weighted by Crippen LogP contribution is 2.30. The largest absolute Gasteiger partial charge is 0.419 e. The van der Waals surface area contributed by atoms with E-state index in [1.54, 1.807) is 42.5 Å². The maximum absolute atomic E-state index is 12.8. The average molecular weight is 460 g/mol. The predicted molar refractivity (Wildman–Crippen MR) is 131 cm³/mol. The lowest BCUT2D eigenvalue weighted by Gasteiger charge is -2.20. The van der Waals surface area contributed by atoms with Crippen molar-refractivity contribution in [3.8, 4) is 11.5 Å². The summed E-state index contributed by atoms with van der Waals surface area (Å²) in [6, 6.07) is 18.4. The fourth-order valence-corrected chi connectivity index (χ4v) is 3.15.